The van der Waals surface area contributed by atoms with E-state index in [4.69, 9.17) is 31.2 Å². The molecule has 0 saturated carbocycles. The van der Waals surface area contributed by atoms with Crippen LogP contribution in [0.1, 0.15) is 27.7 Å². The van der Waals surface area contributed by atoms with Crippen LogP contribution in [0.15, 0.2) is 0 Å². The first-order chi connectivity index (χ1) is 17.4. The number of hydrogen-bond acceptors (Lipinski definition) is 10. The second kappa shape index (κ2) is 14.5. The molecule has 36 heavy (non-hydrogen) atoms. The van der Waals surface area contributed by atoms with E-state index in [1.165, 1.54) is 0 Å². The van der Waals surface area contributed by atoms with Crippen LogP contribution in [-0.4, -0.2) is 26.4 Å². The maximum absolute atomic E-state index is 6.19. The topological polar surface area (TPSA) is 80.3 Å². The highest BCUT2D eigenvalue weighted by atomic mass is 127. The minimum Gasteiger partial charge on any atom is -0.488 e. The van der Waals surface area contributed by atoms with Gasteiger partial charge in [0.2, 0.25) is 34.5 Å². The molecule has 0 bridgehead atoms. The Morgan fingerprint density at radius 1 is 0.417 bits per heavy atom. The van der Waals surface area contributed by atoms with Gasteiger partial charge < -0.3 is 31.2 Å². The van der Waals surface area contributed by atoms with Crippen LogP contribution in [0.25, 0.3) is 0 Å². The van der Waals surface area contributed by atoms with Gasteiger partial charge in [0.1, 0.15) is 22.7 Å². The summed E-state index contributed by atoms with van der Waals surface area (Å²) in [6.45, 7) is 9.25. The summed E-state index contributed by atoms with van der Waals surface area (Å²) < 4.78 is 51.4. The van der Waals surface area contributed by atoms with Gasteiger partial charge in [-0.05, 0) is 27.7 Å². The van der Waals surface area contributed by atoms with E-state index < -0.39 is 0 Å². The zero-order valence-electron chi connectivity index (χ0n) is 19.3. The number of ether oxygens (including phenoxy) is 4. The molecule has 0 radical (unpaired) electrons. The molecule has 1 aliphatic heterocycles. The van der Waals surface area contributed by atoms with Gasteiger partial charge in [-0.15, -0.1) is 0 Å². The lowest BCUT2D eigenvalue weighted by Crippen LogP contribution is -2.21. The van der Waals surface area contributed by atoms with Crippen molar-refractivity contribution in [2.75, 3.05) is 32.7 Å². The van der Waals surface area contributed by atoms with E-state index in [1.807, 2.05) is 103 Å². The van der Waals surface area contributed by atoms with Crippen molar-refractivity contribution in [2.24, 2.45) is 0 Å². The van der Waals surface area contributed by atoms with E-state index in [9.17, 15) is 0 Å². The van der Waals surface area contributed by atoms with Crippen LogP contribution in [0, 0.1) is 0 Å². The van der Waals surface area contributed by atoms with Crippen LogP contribution in [0.4, 0.5) is 22.7 Å². The fourth-order valence-corrected chi connectivity index (χ4v) is 7.02. The van der Waals surface area contributed by atoms with Crippen LogP contribution in [-0.2, 0) is 0 Å². The molecule has 1 heterocycles. The SMILES string of the molecule is CCOc1c(OCC)c(OCC)c2c(c1OI)N(I)c1c(OI)c(OI)c(OI)c(OCC)c1N2I. The van der Waals surface area contributed by atoms with Crippen LogP contribution < -0.4 is 37.4 Å². The molecule has 0 N–H and O–H groups in total. The normalized spacial score (nSPS) is 11.9. The molecule has 0 aromatic heterocycles. The van der Waals surface area contributed by atoms with Crippen molar-refractivity contribution in [2.45, 2.75) is 27.7 Å². The van der Waals surface area contributed by atoms with Crippen molar-refractivity contribution < 1.29 is 31.2 Å². The number of anilines is 4. The Hall–Kier alpha value is 0.820. The Morgan fingerprint density at radius 3 is 1.03 bits per heavy atom. The molecule has 0 saturated heterocycles. The molecule has 0 amide bonds. The van der Waals surface area contributed by atoms with Crippen LogP contribution in [0.2, 0.25) is 0 Å². The summed E-state index contributed by atoms with van der Waals surface area (Å²) in [7, 11) is 0. The van der Waals surface area contributed by atoms with E-state index in [1.54, 1.807) is 23.0 Å². The molecule has 0 unspecified atom stereocenters. The molecule has 1 aliphatic rings. The average molecular weight is 1180 g/mol. The molecular weight excluding hydrogens is 1160 g/mol. The highest BCUT2D eigenvalue weighted by molar-refractivity contribution is 14.1. The monoisotopic (exact) mass is 1180 g/mol. The summed E-state index contributed by atoms with van der Waals surface area (Å²) in [6, 6.07) is 0. The third-order valence-corrected chi connectivity index (χ3v) is 8.49. The minimum atomic E-state index is 0.384. The second-order valence-corrected chi connectivity index (χ2v) is 10.3. The summed E-state index contributed by atoms with van der Waals surface area (Å²) in [5.74, 6) is 3.61. The summed E-state index contributed by atoms with van der Waals surface area (Å²) in [4.78, 5) is 0. The second-order valence-electron chi connectivity index (χ2n) is 6.63. The van der Waals surface area contributed by atoms with Crippen LogP contribution in [0.3, 0.4) is 0 Å². The largest absolute Gasteiger partial charge is 0.488 e. The van der Waals surface area contributed by atoms with E-state index in [0.717, 1.165) is 0 Å². The Morgan fingerprint density at radius 2 is 0.667 bits per heavy atom. The van der Waals surface area contributed by atoms with E-state index in [2.05, 4.69) is 45.7 Å². The summed E-state index contributed by atoms with van der Waals surface area (Å²) >= 11 is 11.7. The van der Waals surface area contributed by atoms with Gasteiger partial charge in [-0.2, -0.15) is 0 Å². The predicted molar refractivity (Wildman–Crippen MR) is 188 cm³/mol. The number of nitrogens with zero attached hydrogens (tertiary/aromatic N) is 2. The van der Waals surface area contributed by atoms with Gasteiger partial charge in [0, 0.05) is 0 Å². The third-order valence-electron chi connectivity index (χ3n) is 4.79. The van der Waals surface area contributed by atoms with Gasteiger partial charge in [0.05, 0.1) is 72.2 Å². The van der Waals surface area contributed by atoms with Gasteiger partial charge in [-0.25, -0.2) is 0 Å². The lowest BCUT2D eigenvalue weighted by Gasteiger charge is -2.38. The van der Waals surface area contributed by atoms with Crippen molar-refractivity contribution in [1.29, 1.82) is 0 Å². The summed E-state index contributed by atoms with van der Waals surface area (Å²) in [5, 5.41) is 0. The number of benzene rings is 2. The van der Waals surface area contributed by atoms with Crippen molar-refractivity contribution in [1.82, 2.24) is 0 Å². The molecule has 0 fully saturated rings. The number of halogens is 6. The highest BCUT2D eigenvalue weighted by Gasteiger charge is 2.44. The van der Waals surface area contributed by atoms with Gasteiger partial charge in [0.15, 0.2) is 104 Å². The van der Waals surface area contributed by atoms with Gasteiger partial charge in [0.25, 0.3) is 0 Å². The maximum Gasteiger partial charge on any atom is 0.225 e. The Bertz CT molecular complexity index is 1110. The zero-order chi connectivity index (χ0) is 26.6. The Balaban J connectivity index is 2.55. The highest BCUT2D eigenvalue weighted by Crippen LogP contribution is 2.71. The lowest BCUT2D eigenvalue weighted by atomic mass is 10.1. The van der Waals surface area contributed by atoms with Crippen molar-refractivity contribution >= 4 is 161 Å². The van der Waals surface area contributed by atoms with E-state index in [-0.39, 0.29) is 0 Å². The molecule has 10 nitrogen and oxygen atoms in total. The Kier molecular flexibility index (Phi) is 12.6. The molecule has 2 aromatic carbocycles. The van der Waals surface area contributed by atoms with Crippen molar-refractivity contribution in [3.05, 3.63) is 0 Å². The van der Waals surface area contributed by atoms with E-state index >= 15 is 0 Å². The van der Waals surface area contributed by atoms with Crippen molar-refractivity contribution in [3.8, 4) is 46.0 Å². The standard InChI is InChI=1S/C20H20I6N2O8/c1-5-29-13-9-11(15(33-23)18(32-8-4)17(13)31-7-3)28(22)12-10(27(9)21)14(30-6-2)19(35-25)20(36-26)16(12)34-24/h5-8H2,1-4H3. The van der Waals surface area contributed by atoms with E-state index in [0.29, 0.717) is 95.2 Å². The molecule has 0 atom stereocenters. The maximum atomic E-state index is 6.19. The zero-order valence-corrected chi connectivity index (χ0v) is 32.2. The van der Waals surface area contributed by atoms with Crippen molar-refractivity contribution in [3.63, 3.8) is 0 Å². The molecule has 200 valence electrons. The molecule has 3 rings (SSSR count). The quantitative estimate of drug-likeness (QED) is 0.152. The number of rotatable bonds is 12. The van der Waals surface area contributed by atoms with Crippen LogP contribution in [0.5, 0.6) is 46.0 Å². The Labute approximate surface area is 293 Å². The molecule has 0 aliphatic carbocycles. The molecule has 16 heteroatoms. The molecule has 0 spiro atoms. The lowest BCUT2D eigenvalue weighted by molar-refractivity contribution is 0.259. The fourth-order valence-electron chi connectivity index (χ4n) is 3.62. The predicted octanol–water partition coefficient (Wildman–Crippen LogP) is 9.49. The van der Waals surface area contributed by atoms with Gasteiger partial charge in [-0.3, -0.25) is 6.23 Å². The first-order valence-electron chi connectivity index (χ1n) is 10.5. The number of fused-ring (bicyclic) bond motifs is 2. The first-order valence-corrected chi connectivity index (χ1v) is 15.9. The van der Waals surface area contributed by atoms with Crippen LogP contribution >= 0.6 is 138 Å². The first kappa shape index (κ1) is 31.3. The smallest absolute Gasteiger partial charge is 0.225 e. The minimum absolute atomic E-state index is 0.384. The van der Waals surface area contributed by atoms with Gasteiger partial charge >= 0.3 is 0 Å². The average Bonchev–Trinajstić information content (AvgIpc) is 2.88. The van der Waals surface area contributed by atoms with Gasteiger partial charge in [-0.1, -0.05) is 0 Å². The molecular formula is C20H20I6N2O8. The molecule has 2 aromatic rings. The fraction of sp³-hybridized carbons (Fsp3) is 0.400. The third kappa shape index (κ3) is 5.54. The summed E-state index contributed by atoms with van der Waals surface area (Å²) in [6.07, 6.45) is 0. The summed E-state index contributed by atoms with van der Waals surface area (Å²) in [5.41, 5.74) is 2.73. The number of hydrogen-bond donors (Lipinski definition) is 0.